The average molecular weight is 400 g/mol. The van der Waals surface area contributed by atoms with Crippen LogP contribution < -0.4 is 9.47 Å². The van der Waals surface area contributed by atoms with Crippen LogP contribution in [0.15, 0.2) is 77.4 Å². The summed E-state index contributed by atoms with van der Waals surface area (Å²) in [6.45, 7) is 2.74. The number of carbonyl (C=O) groups excluding carboxylic acids is 1. The highest BCUT2D eigenvalue weighted by Gasteiger charge is 2.11. The van der Waals surface area contributed by atoms with Crippen molar-refractivity contribution in [1.82, 2.24) is 9.97 Å². The summed E-state index contributed by atoms with van der Waals surface area (Å²) in [6.07, 6.45) is 5.71. The predicted octanol–water partition coefficient (Wildman–Crippen LogP) is 5.30. The van der Waals surface area contributed by atoms with Crippen molar-refractivity contribution >= 4 is 23.1 Å². The molecule has 0 aliphatic carbocycles. The van der Waals surface area contributed by atoms with Gasteiger partial charge in [0.1, 0.15) is 22.7 Å². The van der Waals surface area contributed by atoms with Crippen molar-refractivity contribution in [3.63, 3.8) is 0 Å². The summed E-state index contributed by atoms with van der Waals surface area (Å²) in [5, 5.41) is 0. The number of oxazole rings is 1. The third-order valence-electron chi connectivity index (χ3n) is 4.23. The monoisotopic (exact) mass is 400 g/mol. The van der Waals surface area contributed by atoms with Gasteiger partial charge in [0.15, 0.2) is 5.58 Å². The molecular formula is C24H20N2O4. The number of hydrogen-bond donors (Lipinski definition) is 0. The van der Waals surface area contributed by atoms with Gasteiger partial charge in [-0.25, -0.2) is 9.78 Å². The zero-order valence-corrected chi connectivity index (χ0v) is 16.4. The first-order valence-electron chi connectivity index (χ1n) is 9.66. The van der Waals surface area contributed by atoms with Gasteiger partial charge in [-0.2, -0.15) is 0 Å². The first-order valence-corrected chi connectivity index (χ1v) is 9.66. The Bertz CT molecular complexity index is 1170. The Morgan fingerprint density at radius 2 is 1.90 bits per heavy atom. The lowest BCUT2D eigenvalue weighted by atomic mass is 10.2. The topological polar surface area (TPSA) is 74.5 Å². The molecule has 0 amide bonds. The molecule has 0 radical (unpaired) electrons. The maximum Gasteiger partial charge on any atom is 0.336 e. The van der Waals surface area contributed by atoms with Crippen molar-refractivity contribution in [2.24, 2.45) is 0 Å². The molecule has 30 heavy (non-hydrogen) atoms. The van der Waals surface area contributed by atoms with E-state index in [9.17, 15) is 4.79 Å². The van der Waals surface area contributed by atoms with E-state index in [1.165, 1.54) is 6.08 Å². The van der Waals surface area contributed by atoms with E-state index in [-0.39, 0.29) is 0 Å². The molecular weight excluding hydrogens is 380 g/mol. The molecule has 0 saturated carbocycles. The third kappa shape index (κ3) is 4.72. The number of carbonyl (C=O) groups is 1. The number of fused-ring (bicyclic) bond motifs is 1. The quantitative estimate of drug-likeness (QED) is 0.238. The van der Waals surface area contributed by atoms with Crippen LogP contribution in [-0.4, -0.2) is 22.5 Å². The second kappa shape index (κ2) is 9.05. The van der Waals surface area contributed by atoms with Crippen molar-refractivity contribution in [2.45, 2.75) is 13.3 Å². The molecule has 6 nitrogen and oxygen atoms in total. The molecule has 0 unspecified atom stereocenters. The maximum atomic E-state index is 12.2. The summed E-state index contributed by atoms with van der Waals surface area (Å²) >= 11 is 0. The van der Waals surface area contributed by atoms with Crippen LogP contribution >= 0.6 is 0 Å². The van der Waals surface area contributed by atoms with Gasteiger partial charge in [-0.3, -0.25) is 4.98 Å². The molecule has 0 aliphatic rings. The molecule has 2 heterocycles. The van der Waals surface area contributed by atoms with Crippen LogP contribution in [0.4, 0.5) is 0 Å². The normalized spacial score (nSPS) is 11.1. The minimum absolute atomic E-state index is 0.379. The lowest BCUT2D eigenvalue weighted by Gasteiger charge is -2.04. The van der Waals surface area contributed by atoms with Crippen LogP contribution in [0.2, 0.25) is 0 Å². The minimum atomic E-state index is -0.481. The van der Waals surface area contributed by atoms with Crippen LogP contribution in [0, 0.1) is 0 Å². The Hall–Kier alpha value is -3.93. The van der Waals surface area contributed by atoms with E-state index in [2.05, 4.69) is 16.9 Å². The molecule has 6 heteroatoms. The van der Waals surface area contributed by atoms with E-state index in [0.29, 0.717) is 35.0 Å². The molecule has 4 aromatic rings. The molecule has 4 rings (SSSR count). The lowest BCUT2D eigenvalue weighted by molar-refractivity contribution is -0.128. The summed E-state index contributed by atoms with van der Waals surface area (Å²) < 4.78 is 16.7. The second-order valence-electron chi connectivity index (χ2n) is 6.54. The van der Waals surface area contributed by atoms with Gasteiger partial charge in [0.2, 0.25) is 5.89 Å². The molecule has 0 fully saturated rings. The first kappa shape index (κ1) is 19.4. The number of nitrogens with zero attached hydrogens (tertiary/aromatic N) is 2. The number of esters is 1. The Labute approximate surface area is 173 Å². The summed E-state index contributed by atoms with van der Waals surface area (Å²) in [6, 6.07) is 18.1. The smallest absolute Gasteiger partial charge is 0.336 e. The number of ether oxygens (including phenoxy) is 2. The van der Waals surface area contributed by atoms with Crippen LogP contribution in [0.3, 0.4) is 0 Å². The van der Waals surface area contributed by atoms with Crippen LogP contribution in [0.25, 0.3) is 28.8 Å². The summed E-state index contributed by atoms with van der Waals surface area (Å²) in [5.74, 6) is 1.12. The Balaban J connectivity index is 1.42. The average Bonchev–Trinajstić information content (AvgIpc) is 3.21. The molecule has 0 saturated heterocycles. The fourth-order valence-electron chi connectivity index (χ4n) is 2.78. The fourth-order valence-corrected chi connectivity index (χ4v) is 2.78. The summed E-state index contributed by atoms with van der Waals surface area (Å²) in [4.78, 5) is 20.8. The van der Waals surface area contributed by atoms with Crippen molar-refractivity contribution in [3.8, 4) is 23.1 Å². The number of benzene rings is 2. The SMILES string of the molecule is CCCOc1ccc(/C=C/C(=O)Oc2ccc3nc(-c4ccccn4)oc3c2)cc1. The van der Waals surface area contributed by atoms with E-state index in [1.54, 1.807) is 30.5 Å². The molecule has 150 valence electrons. The van der Waals surface area contributed by atoms with Crippen molar-refractivity contribution in [3.05, 3.63) is 78.5 Å². The number of hydrogen-bond acceptors (Lipinski definition) is 6. The number of pyridine rings is 1. The van der Waals surface area contributed by atoms with E-state index in [0.717, 1.165) is 17.7 Å². The number of aromatic nitrogens is 2. The van der Waals surface area contributed by atoms with Gasteiger partial charge in [0, 0.05) is 18.3 Å². The Morgan fingerprint density at radius 1 is 1.07 bits per heavy atom. The van der Waals surface area contributed by atoms with Crippen molar-refractivity contribution in [1.29, 1.82) is 0 Å². The van der Waals surface area contributed by atoms with Gasteiger partial charge in [-0.1, -0.05) is 25.1 Å². The zero-order chi connectivity index (χ0) is 20.8. The van der Waals surface area contributed by atoms with E-state index < -0.39 is 5.97 Å². The van der Waals surface area contributed by atoms with E-state index >= 15 is 0 Å². The lowest BCUT2D eigenvalue weighted by Crippen LogP contribution is -2.03. The number of rotatable bonds is 7. The van der Waals surface area contributed by atoms with Gasteiger partial charge in [-0.05, 0) is 54.5 Å². The molecule has 0 N–H and O–H groups in total. The van der Waals surface area contributed by atoms with Gasteiger partial charge < -0.3 is 13.9 Å². The standard InChI is InChI=1S/C24H20N2O4/c1-2-15-28-18-9-6-17(7-10-18)8-13-23(27)29-19-11-12-20-22(16-19)30-24(26-20)21-5-3-4-14-25-21/h3-14,16H,2,15H2,1H3/b13-8+. The van der Waals surface area contributed by atoms with Crippen LogP contribution in [-0.2, 0) is 4.79 Å². The van der Waals surface area contributed by atoms with E-state index in [4.69, 9.17) is 13.9 Å². The second-order valence-corrected chi connectivity index (χ2v) is 6.54. The molecule has 0 aliphatic heterocycles. The van der Waals surface area contributed by atoms with Gasteiger partial charge >= 0.3 is 5.97 Å². The van der Waals surface area contributed by atoms with Crippen molar-refractivity contribution < 1.29 is 18.7 Å². The molecule has 2 aromatic heterocycles. The summed E-state index contributed by atoms with van der Waals surface area (Å²) in [7, 11) is 0. The third-order valence-corrected chi connectivity index (χ3v) is 4.23. The highest BCUT2D eigenvalue weighted by Crippen LogP contribution is 2.26. The zero-order valence-electron chi connectivity index (χ0n) is 16.4. The Kier molecular flexibility index (Phi) is 5.85. The Morgan fingerprint density at radius 3 is 2.67 bits per heavy atom. The van der Waals surface area contributed by atoms with Gasteiger partial charge in [0.25, 0.3) is 0 Å². The fraction of sp³-hybridized carbons (Fsp3) is 0.125. The maximum absolute atomic E-state index is 12.2. The van der Waals surface area contributed by atoms with Crippen LogP contribution in [0.5, 0.6) is 11.5 Å². The molecule has 0 atom stereocenters. The van der Waals surface area contributed by atoms with Gasteiger partial charge in [-0.15, -0.1) is 0 Å². The first-order chi connectivity index (χ1) is 14.7. The predicted molar refractivity (Wildman–Crippen MR) is 114 cm³/mol. The largest absolute Gasteiger partial charge is 0.494 e. The highest BCUT2D eigenvalue weighted by molar-refractivity contribution is 5.89. The molecule has 0 bridgehead atoms. The minimum Gasteiger partial charge on any atom is -0.494 e. The van der Waals surface area contributed by atoms with Gasteiger partial charge in [0.05, 0.1) is 6.61 Å². The molecule has 0 spiro atoms. The van der Waals surface area contributed by atoms with E-state index in [1.807, 2.05) is 42.5 Å². The molecule has 2 aromatic carbocycles. The van der Waals surface area contributed by atoms with Crippen LogP contribution in [0.1, 0.15) is 18.9 Å². The summed E-state index contributed by atoms with van der Waals surface area (Å²) in [5.41, 5.74) is 2.70. The van der Waals surface area contributed by atoms with Crippen molar-refractivity contribution in [2.75, 3.05) is 6.61 Å². The highest BCUT2D eigenvalue weighted by atomic mass is 16.5.